The van der Waals surface area contributed by atoms with Crippen molar-refractivity contribution in [2.45, 2.75) is 30.1 Å². The summed E-state index contributed by atoms with van der Waals surface area (Å²) in [6.07, 6.45) is 2.95. The molecule has 0 bridgehead atoms. The minimum atomic E-state index is -3.60. The molecule has 1 aliphatic rings. The summed E-state index contributed by atoms with van der Waals surface area (Å²) in [5, 5.41) is 9.64. The predicted molar refractivity (Wildman–Crippen MR) is 110 cm³/mol. The minimum Gasteiger partial charge on any atom is -0.481 e. The molecule has 3 aromatic rings. The number of aliphatic carboxylic acids is 1. The summed E-state index contributed by atoms with van der Waals surface area (Å²) in [5.41, 5.74) is 2.52. The Hall–Kier alpha value is -2.77. The van der Waals surface area contributed by atoms with Crippen molar-refractivity contribution in [3.63, 3.8) is 0 Å². The van der Waals surface area contributed by atoms with Gasteiger partial charge in [-0.15, -0.1) is 0 Å². The lowest BCUT2D eigenvalue weighted by molar-refractivity contribution is -0.136. The minimum absolute atomic E-state index is 0.00379. The van der Waals surface area contributed by atoms with Gasteiger partial charge in [0, 0.05) is 24.7 Å². The number of hydrogen-bond acceptors (Lipinski definition) is 4. The van der Waals surface area contributed by atoms with E-state index in [2.05, 4.69) is 4.98 Å². The maximum Gasteiger partial charge on any atom is 0.307 e. The Balaban J connectivity index is 1.53. The quantitative estimate of drug-likeness (QED) is 0.696. The smallest absolute Gasteiger partial charge is 0.307 e. The van der Waals surface area contributed by atoms with E-state index in [0.29, 0.717) is 41.7 Å². The van der Waals surface area contributed by atoms with Gasteiger partial charge in [-0.2, -0.15) is 4.31 Å². The molecule has 0 amide bonds. The summed E-state index contributed by atoms with van der Waals surface area (Å²) in [6, 6.07) is 16.4. The number of hydrogen-bond donors (Lipinski definition) is 1. The van der Waals surface area contributed by atoms with Crippen LogP contribution in [0.4, 0.5) is 0 Å². The normalized spacial score (nSPS) is 16.1. The highest BCUT2D eigenvalue weighted by molar-refractivity contribution is 7.89. The number of carbonyl (C=O) groups is 1. The third-order valence-corrected chi connectivity index (χ3v) is 7.42. The van der Waals surface area contributed by atoms with Gasteiger partial charge in [-0.1, -0.05) is 42.5 Å². The fourth-order valence-electron chi connectivity index (χ4n) is 3.99. The number of sulfonamides is 1. The summed E-state index contributed by atoms with van der Waals surface area (Å²) >= 11 is 0. The van der Waals surface area contributed by atoms with E-state index in [-0.39, 0.29) is 12.3 Å². The van der Waals surface area contributed by atoms with Gasteiger partial charge >= 0.3 is 5.97 Å². The molecule has 1 saturated heterocycles. The molecule has 1 aromatic heterocycles. The van der Waals surface area contributed by atoms with E-state index in [0.717, 1.165) is 11.1 Å². The summed E-state index contributed by atoms with van der Waals surface area (Å²) < 4.78 is 28.1. The van der Waals surface area contributed by atoms with E-state index in [4.69, 9.17) is 5.11 Å². The average Bonchev–Trinajstić information content (AvgIpc) is 2.73. The van der Waals surface area contributed by atoms with Gasteiger partial charge in [0.05, 0.1) is 16.8 Å². The van der Waals surface area contributed by atoms with Crippen LogP contribution in [0.5, 0.6) is 0 Å². The van der Waals surface area contributed by atoms with Crippen molar-refractivity contribution in [1.29, 1.82) is 0 Å². The number of carboxylic acids is 1. The number of rotatable bonds is 5. The van der Waals surface area contributed by atoms with Gasteiger partial charge in [0.2, 0.25) is 10.0 Å². The fraction of sp³-hybridized carbons (Fsp3) is 0.273. The molecule has 0 unspecified atom stereocenters. The predicted octanol–water partition coefficient (Wildman–Crippen LogP) is 3.43. The Morgan fingerprint density at radius 3 is 2.59 bits per heavy atom. The molecule has 0 spiro atoms. The first-order chi connectivity index (χ1) is 13.9. The highest BCUT2D eigenvalue weighted by Gasteiger charge is 2.31. The number of piperidine rings is 1. The molecule has 6 nitrogen and oxygen atoms in total. The first-order valence-electron chi connectivity index (χ1n) is 9.60. The summed E-state index contributed by atoms with van der Waals surface area (Å²) in [4.78, 5) is 15.5. The van der Waals surface area contributed by atoms with Gasteiger partial charge < -0.3 is 5.11 Å². The molecule has 29 heavy (non-hydrogen) atoms. The van der Waals surface area contributed by atoms with Crippen LogP contribution < -0.4 is 0 Å². The average molecular weight is 410 g/mol. The van der Waals surface area contributed by atoms with Crippen LogP contribution in [0.1, 0.15) is 29.9 Å². The van der Waals surface area contributed by atoms with Gasteiger partial charge in [-0.05, 0) is 42.0 Å². The summed E-state index contributed by atoms with van der Waals surface area (Å²) in [5.74, 6) is -0.628. The molecule has 1 N–H and O–H groups in total. The Morgan fingerprint density at radius 1 is 1.07 bits per heavy atom. The molecule has 1 fully saturated rings. The SMILES string of the molecule is O=C(O)Cc1cccc(C2CCN(S(=O)(=O)c3ccnc4ccccc34)CC2)c1. The number of nitrogens with zero attached hydrogens (tertiary/aromatic N) is 2. The second-order valence-electron chi connectivity index (χ2n) is 7.32. The number of fused-ring (bicyclic) bond motifs is 1. The lowest BCUT2D eigenvalue weighted by Gasteiger charge is -2.31. The highest BCUT2D eigenvalue weighted by atomic mass is 32.2. The molecule has 150 valence electrons. The van der Waals surface area contributed by atoms with Crippen LogP contribution in [0.3, 0.4) is 0 Å². The number of para-hydroxylation sites is 1. The van der Waals surface area contributed by atoms with Crippen molar-refractivity contribution in [3.8, 4) is 0 Å². The van der Waals surface area contributed by atoms with Crippen molar-refractivity contribution in [2.24, 2.45) is 0 Å². The second kappa shape index (κ2) is 7.93. The van der Waals surface area contributed by atoms with Gasteiger partial charge in [0.1, 0.15) is 0 Å². The molecule has 0 aliphatic carbocycles. The Kier molecular flexibility index (Phi) is 5.34. The molecular weight excluding hydrogens is 388 g/mol. The molecule has 7 heteroatoms. The fourth-order valence-corrected chi connectivity index (χ4v) is 5.65. The standard InChI is InChI=1S/C22H22N2O4S/c25-22(26)15-16-4-3-5-18(14-16)17-9-12-24(13-10-17)29(27,28)21-8-11-23-20-7-2-1-6-19(20)21/h1-8,11,14,17H,9-10,12-13,15H2,(H,25,26). The zero-order valence-electron chi connectivity index (χ0n) is 15.9. The third-order valence-electron chi connectivity index (χ3n) is 5.46. The number of pyridine rings is 1. The van der Waals surface area contributed by atoms with Crippen LogP contribution in [0, 0.1) is 0 Å². The van der Waals surface area contributed by atoms with Crippen LogP contribution in [0.15, 0.2) is 65.7 Å². The monoisotopic (exact) mass is 410 g/mol. The zero-order valence-corrected chi connectivity index (χ0v) is 16.7. The van der Waals surface area contributed by atoms with Crippen molar-refractivity contribution in [1.82, 2.24) is 9.29 Å². The topological polar surface area (TPSA) is 87.6 Å². The summed E-state index contributed by atoms with van der Waals surface area (Å²) in [6.45, 7) is 0.875. The van der Waals surface area contributed by atoms with Crippen LogP contribution in [-0.4, -0.2) is 41.9 Å². The lowest BCUT2D eigenvalue weighted by Crippen LogP contribution is -2.38. The van der Waals surface area contributed by atoms with Gasteiger partial charge in [-0.3, -0.25) is 9.78 Å². The van der Waals surface area contributed by atoms with E-state index in [1.165, 1.54) is 6.20 Å². The largest absolute Gasteiger partial charge is 0.481 e. The molecule has 2 heterocycles. The van der Waals surface area contributed by atoms with Gasteiger partial charge in [-0.25, -0.2) is 8.42 Å². The van der Waals surface area contributed by atoms with Crippen LogP contribution >= 0.6 is 0 Å². The lowest BCUT2D eigenvalue weighted by atomic mass is 9.89. The molecule has 0 saturated carbocycles. The van der Waals surface area contributed by atoms with Crippen LogP contribution in [0.25, 0.3) is 10.9 Å². The third kappa shape index (κ3) is 4.02. The van der Waals surface area contributed by atoms with Crippen molar-refractivity contribution in [3.05, 3.63) is 71.9 Å². The van der Waals surface area contributed by atoms with E-state index in [1.54, 1.807) is 16.4 Å². The van der Waals surface area contributed by atoms with E-state index in [1.807, 2.05) is 42.5 Å². The molecule has 0 radical (unpaired) electrons. The molecular formula is C22H22N2O4S. The maximum atomic E-state index is 13.3. The van der Waals surface area contributed by atoms with E-state index < -0.39 is 16.0 Å². The Bertz CT molecular complexity index is 1150. The molecule has 2 aromatic carbocycles. The maximum absolute atomic E-state index is 13.3. The zero-order chi connectivity index (χ0) is 20.4. The Morgan fingerprint density at radius 2 is 1.83 bits per heavy atom. The van der Waals surface area contributed by atoms with Crippen LogP contribution in [-0.2, 0) is 21.2 Å². The number of benzene rings is 2. The highest BCUT2D eigenvalue weighted by Crippen LogP contribution is 2.32. The van der Waals surface area contributed by atoms with Gasteiger partial charge in [0.25, 0.3) is 0 Å². The molecule has 1 aliphatic heterocycles. The van der Waals surface area contributed by atoms with Crippen molar-refractivity contribution >= 4 is 26.9 Å². The summed E-state index contributed by atoms with van der Waals surface area (Å²) in [7, 11) is -3.60. The number of carboxylic acid groups (broad SMARTS) is 1. The van der Waals surface area contributed by atoms with Crippen LogP contribution in [0.2, 0.25) is 0 Å². The first kappa shape index (κ1) is 19.5. The van der Waals surface area contributed by atoms with E-state index >= 15 is 0 Å². The van der Waals surface area contributed by atoms with Crippen molar-refractivity contribution < 1.29 is 18.3 Å². The Labute approximate surface area is 169 Å². The number of aromatic nitrogens is 1. The van der Waals surface area contributed by atoms with Gasteiger partial charge in [0.15, 0.2) is 0 Å². The van der Waals surface area contributed by atoms with Crippen molar-refractivity contribution in [2.75, 3.05) is 13.1 Å². The molecule has 0 atom stereocenters. The first-order valence-corrected chi connectivity index (χ1v) is 11.0. The van der Waals surface area contributed by atoms with E-state index in [9.17, 15) is 13.2 Å². The second-order valence-corrected chi connectivity index (χ2v) is 9.23. The molecule has 4 rings (SSSR count).